The lowest BCUT2D eigenvalue weighted by molar-refractivity contribution is -0.115. The molecule has 1 heterocycles. The first-order valence-corrected chi connectivity index (χ1v) is 9.52. The van der Waals surface area contributed by atoms with E-state index in [-0.39, 0.29) is 16.9 Å². The molecule has 0 radical (unpaired) electrons. The van der Waals surface area contributed by atoms with E-state index >= 15 is 0 Å². The minimum Gasteiger partial charge on any atom is -0.325 e. The number of rotatable bonds is 7. The van der Waals surface area contributed by atoms with Gasteiger partial charge in [0.25, 0.3) is 0 Å². The Morgan fingerprint density at radius 1 is 1.22 bits per heavy atom. The molecule has 1 aromatic heterocycles. The molecule has 5 nitrogen and oxygen atoms in total. The van der Waals surface area contributed by atoms with E-state index in [1.807, 2.05) is 37.3 Å². The van der Waals surface area contributed by atoms with Crippen LogP contribution in [0.3, 0.4) is 0 Å². The normalized spacial score (nSPS) is 11.9. The number of allylic oxidation sites excluding steroid dienone is 1. The van der Waals surface area contributed by atoms with Gasteiger partial charge in [0.05, 0.1) is 16.3 Å². The molecule has 3 aromatic rings. The van der Waals surface area contributed by atoms with Crippen molar-refractivity contribution >= 4 is 40.2 Å². The van der Waals surface area contributed by atoms with Gasteiger partial charge in [0, 0.05) is 17.8 Å². The average Bonchev–Trinajstić information content (AvgIpc) is 3.00. The summed E-state index contributed by atoms with van der Waals surface area (Å²) >= 11 is 1.41. The number of carbonyl (C=O) groups excluding carboxylic acids is 2. The van der Waals surface area contributed by atoms with Crippen LogP contribution >= 0.6 is 11.8 Å². The molecule has 138 valence electrons. The number of nitrogens with one attached hydrogen (secondary N) is 1. The summed E-state index contributed by atoms with van der Waals surface area (Å²) in [6.07, 6.45) is 1.82. The standard InChI is InChI=1S/C21H21N3O2S/c1-4-13-24-19-8-6-5-7-18(19)23-21(24)27-15(3)20(26)22-17-11-9-16(10-12-17)14(2)25/h4-12,15H,1,13H2,2-3H3,(H,22,26)/t15-/m1/s1. The third kappa shape index (κ3) is 4.28. The Morgan fingerprint density at radius 3 is 2.59 bits per heavy atom. The summed E-state index contributed by atoms with van der Waals surface area (Å²) in [6.45, 7) is 7.80. The van der Waals surface area contributed by atoms with Crippen LogP contribution in [0.2, 0.25) is 0 Å². The molecule has 0 bridgehead atoms. The number of amides is 1. The number of anilines is 1. The highest BCUT2D eigenvalue weighted by atomic mass is 32.2. The zero-order valence-corrected chi connectivity index (χ0v) is 16.1. The molecule has 0 aliphatic rings. The van der Waals surface area contributed by atoms with Crippen LogP contribution in [0.25, 0.3) is 11.0 Å². The Bertz CT molecular complexity index is 992. The van der Waals surface area contributed by atoms with Crippen LogP contribution in [0, 0.1) is 0 Å². The number of aromatic nitrogens is 2. The van der Waals surface area contributed by atoms with Crippen molar-refractivity contribution in [1.82, 2.24) is 9.55 Å². The smallest absolute Gasteiger partial charge is 0.237 e. The van der Waals surface area contributed by atoms with Crippen molar-refractivity contribution < 1.29 is 9.59 Å². The molecular weight excluding hydrogens is 358 g/mol. The summed E-state index contributed by atoms with van der Waals surface area (Å²) in [6, 6.07) is 14.8. The van der Waals surface area contributed by atoms with Gasteiger partial charge in [-0.2, -0.15) is 0 Å². The fourth-order valence-corrected chi connectivity index (χ4v) is 3.63. The van der Waals surface area contributed by atoms with E-state index in [1.165, 1.54) is 18.7 Å². The topological polar surface area (TPSA) is 64.0 Å². The van der Waals surface area contributed by atoms with E-state index < -0.39 is 0 Å². The van der Waals surface area contributed by atoms with Gasteiger partial charge in [-0.3, -0.25) is 9.59 Å². The van der Waals surface area contributed by atoms with Crippen molar-refractivity contribution in [2.75, 3.05) is 5.32 Å². The molecule has 3 rings (SSSR count). The summed E-state index contributed by atoms with van der Waals surface area (Å²) in [5.74, 6) is -0.120. The number of Topliss-reactive ketones (excluding diaryl/α,β-unsaturated/α-hetero) is 1. The van der Waals surface area contributed by atoms with Crippen LogP contribution < -0.4 is 5.32 Å². The van der Waals surface area contributed by atoms with Gasteiger partial charge in [-0.05, 0) is 50.2 Å². The number of hydrogen-bond donors (Lipinski definition) is 1. The van der Waals surface area contributed by atoms with Crippen molar-refractivity contribution in [3.63, 3.8) is 0 Å². The minimum absolute atomic E-state index is 0.00192. The largest absolute Gasteiger partial charge is 0.325 e. The molecule has 0 aliphatic carbocycles. The molecule has 0 unspecified atom stereocenters. The quantitative estimate of drug-likeness (QED) is 0.372. The average molecular weight is 379 g/mol. The molecule has 0 aliphatic heterocycles. The van der Waals surface area contributed by atoms with Gasteiger partial charge >= 0.3 is 0 Å². The van der Waals surface area contributed by atoms with E-state index in [9.17, 15) is 9.59 Å². The Balaban J connectivity index is 1.74. The third-order valence-electron chi connectivity index (χ3n) is 4.14. The second-order valence-electron chi connectivity index (χ2n) is 6.17. The zero-order chi connectivity index (χ0) is 19.4. The molecule has 1 atom stereocenters. The lowest BCUT2D eigenvalue weighted by Crippen LogP contribution is -2.23. The van der Waals surface area contributed by atoms with Gasteiger partial charge < -0.3 is 9.88 Å². The van der Waals surface area contributed by atoms with Gasteiger partial charge in [-0.1, -0.05) is 30.0 Å². The van der Waals surface area contributed by atoms with E-state index in [0.29, 0.717) is 17.8 Å². The van der Waals surface area contributed by atoms with E-state index in [4.69, 9.17) is 0 Å². The van der Waals surface area contributed by atoms with Gasteiger partial charge in [-0.25, -0.2) is 4.98 Å². The zero-order valence-electron chi connectivity index (χ0n) is 15.3. The van der Waals surface area contributed by atoms with Crippen molar-refractivity contribution in [1.29, 1.82) is 0 Å². The van der Waals surface area contributed by atoms with Crippen LogP contribution in [0.5, 0.6) is 0 Å². The fourth-order valence-electron chi connectivity index (χ4n) is 2.69. The summed E-state index contributed by atoms with van der Waals surface area (Å²) in [5.41, 5.74) is 3.20. The van der Waals surface area contributed by atoms with Gasteiger partial charge in [0.2, 0.25) is 5.91 Å². The summed E-state index contributed by atoms with van der Waals surface area (Å²) < 4.78 is 2.05. The molecule has 0 fully saturated rings. The van der Waals surface area contributed by atoms with Gasteiger partial charge in [-0.15, -0.1) is 6.58 Å². The monoisotopic (exact) mass is 379 g/mol. The third-order valence-corrected chi connectivity index (χ3v) is 5.23. The molecule has 2 aromatic carbocycles. The summed E-state index contributed by atoms with van der Waals surface area (Å²) in [4.78, 5) is 28.6. The molecule has 0 spiro atoms. The molecule has 6 heteroatoms. The molecule has 27 heavy (non-hydrogen) atoms. The number of benzene rings is 2. The SMILES string of the molecule is C=CCn1c(S[C@H](C)C(=O)Nc2ccc(C(C)=O)cc2)nc2ccccc21. The van der Waals surface area contributed by atoms with Crippen LogP contribution in [0.15, 0.2) is 66.3 Å². The second-order valence-corrected chi connectivity index (χ2v) is 7.47. The first-order chi connectivity index (χ1) is 13.0. The summed E-state index contributed by atoms with van der Waals surface area (Å²) in [5, 5.41) is 3.33. The van der Waals surface area contributed by atoms with Crippen molar-refractivity contribution in [2.45, 2.75) is 30.8 Å². The first kappa shape index (κ1) is 18.9. The predicted octanol–water partition coefficient (Wildman–Crippen LogP) is 4.54. The van der Waals surface area contributed by atoms with Gasteiger partial charge in [0.1, 0.15) is 0 Å². The first-order valence-electron chi connectivity index (χ1n) is 8.64. The number of imidazole rings is 1. The maximum atomic E-state index is 12.6. The summed E-state index contributed by atoms with van der Waals surface area (Å²) in [7, 11) is 0. The fraction of sp³-hybridized carbons (Fsp3) is 0.190. The highest BCUT2D eigenvalue weighted by Gasteiger charge is 2.19. The number of para-hydroxylation sites is 2. The lowest BCUT2D eigenvalue weighted by Gasteiger charge is -2.13. The number of ketones is 1. The minimum atomic E-state index is -0.335. The number of nitrogens with zero attached hydrogens (tertiary/aromatic N) is 2. The molecule has 1 amide bonds. The Kier molecular flexibility index (Phi) is 5.76. The predicted molar refractivity (Wildman–Crippen MR) is 110 cm³/mol. The van der Waals surface area contributed by atoms with Crippen molar-refractivity contribution in [3.05, 3.63) is 66.7 Å². The Hall–Kier alpha value is -2.86. The number of fused-ring (bicyclic) bond motifs is 1. The number of carbonyl (C=O) groups is 2. The van der Waals surface area contributed by atoms with E-state index in [1.54, 1.807) is 24.3 Å². The van der Waals surface area contributed by atoms with Crippen LogP contribution in [-0.4, -0.2) is 26.5 Å². The van der Waals surface area contributed by atoms with Crippen LogP contribution in [0.1, 0.15) is 24.2 Å². The number of thioether (sulfide) groups is 1. The van der Waals surface area contributed by atoms with Crippen LogP contribution in [-0.2, 0) is 11.3 Å². The molecular formula is C21H21N3O2S. The van der Waals surface area contributed by atoms with Gasteiger partial charge in [0.15, 0.2) is 10.9 Å². The highest BCUT2D eigenvalue weighted by Crippen LogP contribution is 2.28. The molecule has 1 N–H and O–H groups in total. The maximum absolute atomic E-state index is 12.6. The van der Waals surface area contributed by atoms with E-state index in [2.05, 4.69) is 21.4 Å². The Morgan fingerprint density at radius 2 is 1.93 bits per heavy atom. The Labute approximate surface area is 162 Å². The molecule has 0 saturated carbocycles. The van der Waals surface area contributed by atoms with Crippen molar-refractivity contribution in [3.8, 4) is 0 Å². The second kappa shape index (κ2) is 8.22. The van der Waals surface area contributed by atoms with Crippen molar-refractivity contribution in [2.24, 2.45) is 0 Å². The lowest BCUT2D eigenvalue weighted by atomic mass is 10.1. The van der Waals surface area contributed by atoms with E-state index in [0.717, 1.165) is 16.2 Å². The number of hydrogen-bond acceptors (Lipinski definition) is 4. The maximum Gasteiger partial charge on any atom is 0.237 e. The van der Waals surface area contributed by atoms with Crippen LogP contribution in [0.4, 0.5) is 5.69 Å². The molecule has 0 saturated heterocycles. The highest BCUT2D eigenvalue weighted by molar-refractivity contribution is 8.00.